The molecule has 0 radical (unpaired) electrons. The maximum atomic E-state index is 6.67. The Kier molecular flexibility index (Phi) is 5.12. The fourth-order valence-corrected chi connectivity index (χ4v) is 3.09. The second-order valence-corrected chi connectivity index (χ2v) is 5.97. The SMILES string of the molecule is CCc1ccc(C(Cl)c2cc(Cl)ccc2C)cc1CC. The summed E-state index contributed by atoms with van der Waals surface area (Å²) >= 11 is 12.8. The molecule has 20 heavy (non-hydrogen) atoms. The first-order valence-electron chi connectivity index (χ1n) is 7.08. The van der Waals surface area contributed by atoms with Crippen LogP contribution in [0.3, 0.4) is 0 Å². The van der Waals surface area contributed by atoms with E-state index in [1.807, 2.05) is 18.2 Å². The molecule has 0 aliphatic heterocycles. The van der Waals surface area contributed by atoms with Crippen molar-refractivity contribution in [2.45, 2.75) is 39.0 Å². The summed E-state index contributed by atoms with van der Waals surface area (Å²) in [5.41, 5.74) is 6.20. The van der Waals surface area contributed by atoms with Gasteiger partial charge in [0.25, 0.3) is 0 Å². The van der Waals surface area contributed by atoms with Crippen LogP contribution in [0.15, 0.2) is 36.4 Å². The van der Waals surface area contributed by atoms with Gasteiger partial charge in [-0.15, -0.1) is 11.6 Å². The molecule has 0 heterocycles. The smallest absolute Gasteiger partial charge is 0.0838 e. The van der Waals surface area contributed by atoms with Crippen molar-refractivity contribution < 1.29 is 0 Å². The Labute approximate surface area is 131 Å². The molecule has 0 aliphatic rings. The summed E-state index contributed by atoms with van der Waals surface area (Å²) in [5, 5.41) is 0.585. The molecular weight excluding hydrogens is 287 g/mol. The molecule has 0 aromatic heterocycles. The van der Waals surface area contributed by atoms with Crippen LogP contribution in [0, 0.1) is 6.92 Å². The first-order chi connectivity index (χ1) is 9.56. The molecule has 0 aliphatic carbocycles. The third-order valence-electron chi connectivity index (χ3n) is 3.80. The van der Waals surface area contributed by atoms with Crippen molar-refractivity contribution in [3.8, 4) is 0 Å². The Morgan fingerprint density at radius 1 is 0.950 bits per heavy atom. The standard InChI is InChI=1S/C18H20Cl2/c1-4-13-7-8-15(10-14(13)5-2)18(20)17-11-16(19)9-6-12(17)3/h6-11,18H,4-5H2,1-3H3. The van der Waals surface area contributed by atoms with E-state index in [-0.39, 0.29) is 5.38 Å². The lowest BCUT2D eigenvalue weighted by Gasteiger charge is -2.16. The number of benzene rings is 2. The molecule has 0 fully saturated rings. The summed E-state index contributed by atoms with van der Waals surface area (Å²) in [4.78, 5) is 0. The molecule has 2 aromatic rings. The predicted molar refractivity (Wildman–Crippen MR) is 89.1 cm³/mol. The maximum absolute atomic E-state index is 6.67. The number of alkyl halides is 1. The number of halogens is 2. The van der Waals surface area contributed by atoms with Crippen molar-refractivity contribution in [3.63, 3.8) is 0 Å². The van der Waals surface area contributed by atoms with Gasteiger partial charge in [-0.3, -0.25) is 0 Å². The van der Waals surface area contributed by atoms with Gasteiger partial charge in [0.15, 0.2) is 0 Å². The Morgan fingerprint density at radius 3 is 2.30 bits per heavy atom. The number of aryl methyl sites for hydroxylation is 3. The molecule has 2 rings (SSSR count). The lowest BCUT2D eigenvalue weighted by molar-refractivity contribution is 1.01. The highest BCUT2D eigenvalue weighted by atomic mass is 35.5. The summed E-state index contributed by atoms with van der Waals surface area (Å²) in [7, 11) is 0. The van der Waals surface area contributed by atoms with Gasteiger partial charge in [-0.05, 0) is 59.7 Å². The van der Waals surface area contributed by atoms with Crippen LogP contribution in [0.5, 0.6) is 0 Å². The Bertz CT molecular complexity index is 602. The van der Waals surface area contributed by atoms with Crippen molar-refractivity contribution >= 4 is 23.2 Å². The topological polar surface area (TPSA) is 0 Å². The first-order valence-corrected chi connectivity index (χ1v) is 7.90. The van der Waals surface area contributed by atoms with Crippen molar-refractivity contribution in [3.05, 3.63) is 69.2 Å². The molecule has 0 saturated carbocycles. The van der Waals surface area contributed by atoms with Crippen LogP contribution in [0.25, 0.3) is 0 Å². The Morgan fingerprint density at radius 2 is 1.65 bits per heavy atom. The van der Waals surface area contributed by atoms with E-state index < -0.39 is 0 Å². The third kappa shape index (κ3) is 3.19. The van der Waals surface area contributed by atoms with Crippen LogP contribution in [-0.2, 0) is 12.8 Å². The van der Waals surface area contributed by atoms with Gasteiger partial charge < -0.3 is 0 Å². The lowest BCUT2D eigenvalue weighted by atomic mass is 9.95. The highest BCUT2D eigenvalue weighted by Crippen LogP contribution is 2.33. The molecular formula is C18H20Cl2. The molecule has 106 valence electrons. The van der Waals surface area contributed by atoms with Crippen LogP contribution in [-0.4, -0.2) is 0 Å². The van der Waals surface area contributed by atoms with Gasteiger partial charge in [-0.1, -0.05) is 49.7 Å². The first kappa shape index (κ1) is 15.4. The van der Waals surface area contributed by atoms with E-state index >= 15 is 0 Å². The van der Waals surface area contributed by atoms with Crippen molar-refractivity contribution in [1.82, 2.24) is 0 Å². The predicted octanol–water partition coefficient (Wildman–Crippen LogP) is 6.10. The molecule has 0 saturated heterocycles. The monoisotopic (exact) mass is 306 g/mol. The van der Waals surface area contributed by atoms with Crippen LogP contribution in [0.1, 0.15) is 47.0 Å². The molecule has 2 heteroatoms. The summed E-state index contributed by atoms with van der Waals surface area (Å²) in [6, 6.07) is 12.5. The number of rotatable bonds is 4. The van der Waals surface area contributed by atoms with Gasteiger partial charge in [0.1, 0.15) is 0 Å². The fraction of sp³-hybridized carbons (Fsp3) is 0.333. The molecule has 0 amide bonds. The number of hydrogen-bond acceptors (Lipinski definition) is 0. The van der Waals surface area contributed by atoms with Crippen LogP contribution < -0.4 is 0 Å². The van der Waals surface area contributed by atoms with Crippen LogP contribution in [0.2, 0.25) is 5.02 Å². The second kappa shape index (κ2) is 6.65. The lowest BCUT2D eigenvalue weighted by Crippen LogP contribution is -1.99. The minimum absolute atomic E-state index is 0.148. The van der Waals surface area contributed by atoms with Gasteiger partial charge in [-0.2, -0.15) is 0 Å². The Balaban J connectivity index is 2.42. The molecule has 0 N–H and O–H groups in total. The summed E-state index contributed by atoms with van der Waals surface area (Å²) in [6.45, 7) is 6.45. The van der Waals surface area contributed by atoms with Gasteiger partial charge >= 0.3 is 0 Å². The Hall–Kier alpha value is -0.980. The third-order valence-corrected chi connectivity index (χ3v) is 4.52. The molecule has 1 unspecified atom stereocenters. The van der Waals surface area contributed by atoms with E-state index in [9.17, 15) is 0 Å². The van der Waals surface area contributed by atoms with E-state index in [0.717, 1.165) is 29.0 Å². The normalized spacial score (nSPS) is 12.4. The van der Waals surface area contributed by atoms with Crippen LogP contribution in [0.4, 0.5) is 0 Å². The fourth-order valence-electron chi connectivity index (χ4n) is 2.54. The summed E-state index contributed by atoms with van der Waals surface area (Å²) < 4.78 is 0. The van der Waals surface area contributed by atoms with Gasteiger partial charge in [0.05, 0.1) is 5.38 Å². The molecule has 1 atom stereocenters. The van der Waals surface area contributed by atoms with Gasteiger partial charge in [0, 0.05) is 5.02 Å². The summed E-state index contributed by atoms with van der Waals surface area (Å²) in [6.07, 6.45) is 2.10. The van der Waals surface area contributed by atoms with Crippen molar-refractivity contribution in [2.24, 2.45) is 0 Å². The molecule has 0 spiro atoms. The minimum atomic E-state index is -0.148. The average Bonchev–Trinajstić information content (AvgIpc) is 2.48. The second-order valence-electron chi connectivity index (χ2n) is 5.10. The summed E-state index contributed by atoms with van der Waals surface area (Å²) in [5.74, 6) is 0. The minimum Gasteiger partial charge on any atom is -0.113 e. The van der Waals surface area contributed by atoms with E-state index in [1.54, 1.807) is 0 Å². The highest BCUT2D eigenvalue weighted by Gasteiger charge is 2.15. The van der Waals surface area contributed by atoms with E-state index in [2.05, 4.69) is 39.0 Å². The number of hydrogen-bond donors (Lipinski definition) is 0. The van der Waals surface area contributed by atoms with E-state index in [0.29, 0.717) is 0 Å². The molecule has 0 bridgehead atoms. The molecule has 0 nitrogen and oxygen atoms in total. The van der Waals surface area contributed by atoms with E-state index in [1.165, 1.54) is 16.7 Å². The van der Waals surface area contributed by atoms with E-state index in [4.69, 9.17) is 23.2 Å². The zero-order valence-electron chi connectivity index (χ0n) is 12.2. The largest absolute Gasteiger partial charge is 0.113 e. The van der Waals surface area contributed by atoms with Crippen molar-refractivity contribution in [2.75, 3.05) is 0 Å². The maximum Gasteiger partial charge on any atom is 0.0838 e. The van der Waals surface area contributed by atoms with Gasteiger partial charge in [0.2, 0.25) is 0 Å². The van der Waals surface area contributed by atoms with Crippen LogP contribution >= 0.6 is 23.2 Å². The zero-order valence-corrected chi connectivity index (χ0v) is 13.7. The van der Waals surface area contributed by atoms with Gasteiger partial charge in [-0.25, -0.2) is 0 Å². The van der Waals surface area contributed by atoms with Crippen molar-refractivity contribution in [1.29, 1.82) is 0 Å². The zero-order chi connectivity index (χ0) is 14.7. The highest BCUT2D eigenvalue weighted by molar-refractivity contribution is 6.31. The quantitative estimate of drug-likeness (QED) is 0.598. The average molecular weight is 307 g/mol. The molecule has 2 aromatic carbocycles.